The molecule has 0 radical (unpaired) electrons. The summed E-state index contributed by atoms with van der Waals surface area (Å²) in [6, 6.07) is 18.3. The number of benzene rings is 3. The van der Waals surface area contributed by atoms with E-state index in [4.69, 9.17) is 9.47 Å². The largest absolute Gasteiger partial charge is 0.494 e. The van der Waals surface area contributed by atoms with E-state index in [1.165, 1.54) is 37.8 Å². The number of carbonyl (C=O) groups is 1. The van der Waals surface area contributed by atoms with Crippen LogP contribution in [0.25, 0.3) is 0 Å². The van der Waals surface area contributed by atoms with Crippen LogP contribution in [0.15, 0.2) is 77.0 Å². The highest BCUT2D eigenvalue weighted by molar-refractivity contribution is 5.91. The lowest BCUT2D eigenvalue weighted by Crippen LogP contribution is -2.10. The van der Waals surface area contributed by atoms with Crippen LogP contribution in [-0.2, 0) is 0 Å². The highest BCUT2D eigenvalue weighted by Gasteiger charge is 2.15. The van der Waals surface area contributed by atoms with Crippen LogP contribution in [-0.4, -0.2) is 26.7 Å². The van der Waals surface area contributed by atoms with Crippen molar-refractivity contribution >= 4 is 23.0 Å². The SMILES string of the molecule is CCCCCCCCOc1ccc(OC(=O)c2ccc(N=Nc3ccc(N(C)C)cc3)cc2F)cc1. The molecule has 0 aromatic heterocycles. The van der Waals surface area contributed by atoms with E-state index in [1.54, 1.807) is 24.3 Å². The minimum absolute atomic E-state index is 0.173. The smallest absolute Gasteiger partial charge is 0.346 e. The summed E-state index contributed by atoms with van der Waals surface area (Å²) in [5.74, 6) is -0.480. The molecule has 0 saturated heterocycles. The van der Waals surface area contributed by atoms with E-state index in [2.05, 4.69) is 17.2 Å². The fraction of sp³-hybridized carbons (Fsp3) is 0.345. The summed E-state index contributed by atoms with van der Waals surface area (Å²) in [6.07, 6.45) is 7.20. The summed E-state index contributed by atoms with van der Waals surface area (Å²) in [6.45, 7) is 2.86. The predicted molar refractivity (Wildman–Crippen MR) is 142 cm³/mol. The second-order valence-electron chi connectivity index (χ2n) is 8.75. The third kappa shape index (κ3) is 8.48. The Labute approximate surface area is 212 Å². The molecule has 36 heavy (non-hydrogen) atoms. The van der Waals surface area contributed by atoms with Gasteiger partial charge in [-0.2, -0.15) is 10.2 Å². The molecule has 0 saturated carbocycles. The first-order valence-electron chi connectivity index (χ1n) is 12.4. The van der Waals surface area contributed by atoms with E-state index in [9.17, 15) is 9.18 Å². The van der Waals surface area contributed by atoms with Gasteiger partial charge in [-0.15, -0.1) is 0 Å². The Morgan fingerprint density at radius 2 is 1.42 bits per heavy atom. The molecule has 7 heteroatoms. The van der Waals surface area contributed by atoms with Crippen molar-refractivity contribution in [2.45, 2.75) is 45.4 Å². The minimum Gasteiger partial charge on any atom is -0.494 e. The zero-order valence-electron chi connectivity index (χ0n) is 21.2. The molecule has 3 aromatic rings. The molecule has 0 fully saturated rings. The maximum Gasteiger partial charge on any atom is 0.346 e. The summed E-state index contributed by atoms with van der Waals surface area (Å²) in [5.41, 5.74) is 1.81. The van der Waals surface area contributed by atoms with Gasteiger partial charge in [0.2, 0.25) is 0 Å². The van der Waals surface area contributed by atoms with Crippen molar-refractivity contribution in [3.05, 3.63) is 78.1 Å². The number of nitrogens with zero attached hydrogens (tertiary/aromatic N) is 3. The Kier molecular flexibility index (Phi) is 10.4. The number of anilines is 1. The maximum atomic E-state index is 14.6. The van der Waals surface area contributed by atoms with Gasteiger partial charge in [0.15, 0.2) is 0 Å². The van der Waals surface area contributed by atoms with E-state index < -0.39 is 11.8 Å². The first kappa shape index (κ1) is 26.9. The second-order valence-corrected chi connectivity index (χ2v) is 8.75. The van der Waals surface area contributed by atoms with Crippen LogP contribution in [0.5, 0.6) is 11.5 Å². The molecule has 0 spiro atoms. The Morgan fingerprint density at radius 1 is 0.806 bits per heavy atom. The molecule has 190 valence electrons. The van der Waals surface area contributed by atoms with Crippen molar-refractivity contribution in [1.29, 1.82) is 0 Å². The van der Waals surface area contributed by atoms with Gasteiger partial charge < -0.3 is 14.4 Å². The fourth-order valence-corrected chi connectivity index (χ4v) is 3.50. The normalized spacial score (nSPS) is 11.0. The molecule has 0 amide bonds. The van der Waals surface area contributed by atoms with Crippen molar-refractivity contribution in [2.24, 2.45) is 10.2 Å². The Morgan fingerprint density at radius 3 is 2.08 bits per heavy atom. The lowest BCUT2D eigenvalue weighted by atomic mass is 10.1. The summed E-state index contributed by atoms with van der Waals surface area (Å²) < 4.78 is 25.6. The van der Waals surface area contributed by atoms with Crippen molar-refractivity contribution in [3.63, 3.8) is 0 Å². The summed E-state index contributed by atoms with van der Waals surface area (Å²) in [5, 5.41) is 8.18. The molecule has 0 aliphatic heterocycles. The van der Waals surface area contributed by atoms with Gasteiger partial charge in [-0.25, -0.2) is 9.18 Å². The van der Waals surface area contributed by atoms with E-state index in [0.29, 0.717) is 29.5 Å². The van der Waals surface area contributed by atoms with Gasteiger partial charge in [-0.05, 0) is 67.1 Å². The first-order chi connectivity index (χ1) is 17.5. The van der Waals surface area contributed by atoms with Crippen molar-refractivity contribution < 1.29 is 18.7 Å². The van der Waals surface area contributed by atoms with Crippen LogP contribution in [0.4, 0.5) is 21.5 Å². The van der Waals surface area contributed by atoms with Gasteiger partial charge in [0.25, 0.3) is 0 Å². The molecule has 0 aliphatic carbocycles. The lowest BCUT2D eigenvalue weighted by molar-refractivity contribution is 0.0729. The zero-order chi connectivity index (χ0) is 25.8. The van der Waals surface area contributed by atoms with Gasteiger partial charge in [-0.1, -0.05) is 39.0 Å². The number of unbranched alkanes of at least 4 members (excludes halogenated alkanes) is 5. The molecule has 3 aromatic carbocycles. The van der Waals surface area contributed by atoms with Crippen LogP contribution in [0.3, 0.4) is 0 Å². The van der Waals surface area contributed by atoms with Crippen LogP contribution < -0.4 is 14.4 Å². The van der Waals surface area contributed by atoms with Gasteiger partial charge in [0.1, 0.15) is 17.3 Å². The van der Waals surface area contributed by atoms with Crippen LogP contribution in [0.1, 0.15) is 55.8 Å². The molecular weight excluding hydrogens is 457 g/mol. The Hall–Kier alpha value is -3.74. The fourth-order valence-electron chi connectivity index (χ4n) is 3.50. The summed E-state index contributed by atoms with van der Waals surface area (Å²) in [7, 11) is 3.90. The monoisotopic (exact) mass is 491 g/mol. The van der Waals surface area contributed by atoms with Crippen LogP contribution >= 0.6 is 0 Å². The number of ether oxygens (including phenoxy) is 2. The number of rotatable bonds is 13. The number of halogens is 1. The summed E-state index contributed by atoms with van der Waals surface area (Å²) in [4.78, 5) is 14.4. The van der Waals surface area contributed by atoms with Crippen molar-refractivity contribution in [2.75, 3.05) is 25.6 Å². The van der Waals surface area contributed by atoms with Crippen molar-refractivity contribution in [1.82, 2.24) is 0 Å². The van der Waals surface area contributed by atoms with Crippen molar-refractivity contribution in [3.8, 4) is 11.5 Å². The number of esters is 1. The number of hydrogen-bond donors (Lipinski definition) is 0. The molecule has 0 N–H and O–H groups in total. The third-order valence-corrected chi connectivity index (χ3v) is 5.62. The van der Waals surface area contributed by atoms with Crippen LogP contribution in [0, 0.1) is 5.82 Å². The summed E-state index contributed by atoms with van der Waals surface area (Å²) >= 11 is 0. The lowest BCUT2D eigenvalue weighted by Gasteiger charge is -2.11. The highest BCUT2D eigenvalue weighted by atomic mass is 19.1. The van der Waals surface area contributed by atoms with Gasteiger partial charge >= 0.3 is 5.97 Å². The second kappa shape index (κ2) is 14.0. The molecule has 0 bridgehead atoms. The minimum atomic E-state index is -0.781. The zero-order valence-corrected chi connectivity index (χ0v) is 21.2. The van der Waals surface area contributed by atoms with Crippen LogP contribution in [0.2, 0.25) is 0 Å². The number of carbonyl (C=O) groups excluding carboxylic acids is 1. The molecule has 0 heterocycles. The molecular formula is C29H34FN3O3. The molecule has 0 aliphatic rings. The quantitative estimate of drug-likeness (QED) is 0.104. The number of azo groups is 1. The van der Waals surface area contributed by atoms with E-state index in [1.807, 2.05) is 43.3 Å². The molecule has 0 atom stereocenters. The average Bonchev–Trinajstić information content (AvgIpc) is 2.88. The molecule has 0 unspecified atom stereocenters. The Balaban J connectivity index is 1.50. The molecule has 3 rings (SSSR count). The van der Waals surface area contributed by atoms with Gasteiger partial charge in [-0.3, -0.25) is 0 Å². The van der Waals surface area contributed by atoms with Gasteiger partial charge in [0, 0.05) is 25.8 Å². The van der Waals surface area contributed by atoms with E-state index >= 15 is 0 Å². The van der Waals surface area contributed by atoms with E-state index in [0.717, 1.165) is 24.6 Å². The topological polar surface area (TPSA) is 63.5 Å². The average molecular weight is 492 g/mol. The predicted octanol–water partition coefficient (Wildman–Crippen LogP) is 8.27. The maximum absolute atomic E-state index is 14.6. The Bertz CT molecular complexity index is 1130. The highest BCUT2D eigenvalue weighted by Crippen LogP contribution is 2.24. The number of hydrogen-bond acceptors (Lipinski definition) is 6. The van der Waals surface area contributed by atoms with E-state index in [-0.39, 0.29) is 5.56 Å². The van der Waals surface area contributed by atoms with Gasteiger partial charge in [0.05, 0.1) is 23.5 Å². The first-order valence-corrected chi connectivity index (χ1v) is 12.4. The third-order valence-electron chi connectivity index (χ3n) is 5.62. The molecule has 6 nitrogen and oxygen atoms in total. The standard InChI is InChI=1S/C29H34FN3O3/c1-4-5-6-7-8-9-20-35-25-15-17-26(18-16-25)36-29(34)27-19-12-23(21-28(27)30)32-31-22-10-13-24(14-11-22)33(2)3/h10-19,21H,4-9,20H2,1-3H3.